The second-order valence-corrected chi connectivity index (χ2v) is 10.2. The maximum absolute atomic E-state index is 12.5. The second kappa shape index (κ2) is 10.6. The van der Waals surface area contributed by atoms with Crippen LogP contribution in [0, 0.1) is 0 Å². The molecule has 3 heterocycles. The van der Waals surface area contributed by atoms with Crippen LogP contribution in [0.1, 0.15) is 11.1 Å². The number of piperazine rings is 1. The highest BCUT2D eigenvalue weighted by Crippen LogP contribution is 2.33. The fourth-order valence-electron chi connectivity index (χ4n) is 3.86. The predicted octanol–water partition coefficient (Wildman–Crippen LogP) is 3.96. The predicted molar refractivity (Wildman–Crippen MR) is 145 cm³/mol. The van der Waals surface area contributed by atoms with Crippen LogP contribution >= 0.6 is 23.5 Å². The third-order valence-corrected chi connectivity index (χ3v) is 7.96. The highest BCUT2D eigenvalue weighted by Gasteiger charge is 2.32. The second-order valence-electron chi connectivity index (χ2n) is 8.14. The van der Waals surface area contributed by atoms with Crippen molar-refractivity contribution in [3.63, 3.8) is 0 Å². The largest absolute Gasteiger partial charge is 0.497 e. The number of amides is 2. The lowest BCUT2D eigenvalue weighted by atomic mass is 10.2. The number of amidine groups is 2. The van der Waals surface area contributed by atoms with Gasteiger partial charge in [0.25, 0.3) is 11.8 Å². The Kier molecular flexibility index (Phi) is 7.15. The fourth-order valence-corrected chi connectivity index (χ4v) is 5.79. The molecule has 3 aliphatic rings. The van der Waals surface area contributed by atoms with E-state index in [4.69, 9.17) is 9.47 Å². The average molecular weight is 521 g/mol. The number of carbonyl (C=O) groups excluding carboxylic acids is 2. The molecule has 0 aromatic heterocycles. The van der Waals surface area contributed by atoms with Crippen molar-refractivity contribution in [2.45, 2.75) is 0 Å². The number of nitrogens with zero attached hydrogens (tertiary/aromatic N) is 4. The Morgan fingerprint density at radius 2 is 1.03 bits per heavy atom. The summed E-state index contributed by atoms with van der Waals surface area (Å²) in [6.07, 6.45) is 3.71. The molecule has 0 bridgehead atoms. The van der Waals surface area contributed by atoms with Crippen molar-refractivity contribution in [1.29, 1.82) is 0 Å². The Balaban J connectivity index is 1.17. The van der Waals surface area contributed by atoms with Crippen LogP contribution in [-0.2, 0) is 9.59 Å². The minimum absolute atomic E-state index is 0.220. The quantitative estimate of drug-likeness (QED) is 0.561. The Morgan fingerprint density at radius 1 is 0.667 bits per heavy atom. The van der Waals surface area contributed by atoms with Gasteiger partial charge in [-0.1, -0.05) is 24.3 Å². The number of benzene rings is 2. The molecule has 5 rings (SSSR count). The Morgan fingerprint density at radius 3 is 1.36 bits per heavy atom. The van der Waals surface area contributed by atoms with Crippen LogP contribution in [0.3, 0.4) is 0 Å². The van der Waals surface area contributed by atoms with E-state index in [1.807, 2.05) is 60.7 Å². The maximum Gasteiger partial charge on any atom is 0.286 e. The first kappa shape index (κ1) is 24.2. The zero-order chi connectivity index (χ0) is 25.1. The van der Waals surface area contributed by atoms with Gasteiger partial charge >= 0.3 is 0 Å². The van der Waals surface area contributed by atoms with E-state index in [2.05, 4.69) is 19.8 Å². The van der Waals surface area contributed by atoms with E-state index in [0.717, 1.165) is 33.0 Å². The standard InChI is InChI=1S/C26H24N4O4S2/c1-33-19-7-3-17(4-8-19)15-21-23(31)27-25(35-21)29-11-13-30(14-12-29)26-28-24(32)22(36-26)16-18-5-9-20(34-2)10-6-18/h3-10,15-16H,11-14H2,1-2H3/b21-15-,22-16+. The fraction of sp³-hybridized carbons (Fsp3) is 0.231. The van der Waals surface area contributed by atoms with Crippen molar-refractivity contribution in [2.75, 3.05) is 40.4 Å². The lowest BCUT2D eigenvalue weighted by molar-refractivity contribution is -0.114. The zero-order valence-electron chi connectivity index (χ0n) is 19.8. The first-order chi connectivity index (χ1) is 17.5. The molecule has 3 aliphatic heterocycles. The van der Waals surface area contributed by atoms with E-state index in [-0.39, 0.29) is 11.8 Å². The number of aliphatic imine (C=N–C) groups is 2. The van der Waals surface area contributed by atoms with E-state index in [0.29, 0.717) is 36.0 Å². The van der Waals surface area contributed by atoms with Gasteiger partial charge in [0.2, 0.25) is 0 Å². The minimum Gasteiger partial charge on any atom is -0.497 e. The van der Waals surface area contributed by atoms with Crippen molar-refractivity contribution in [3.8, 4) is 11.5 Å². The SMILES string of the molecule is COc1ccc(/C=C2\SC(N3CCN(C4=NC(=O)/C(=C\c5ccc(OC)cc5)S4)CC3)=NC2=O)cc1. The summed E-state index contributed by atoms with van der Waals surface area (Å²) in [4.78, 5) is 38.9. The van der Waals surface area contributed by atoms with Gasteiger partial charge < -0.3 is 19.3 Å². The molecule has 0 saturated carbocycles. The third kappa shape index (κ3) is 5.34. The van der Waals surface area contributed by atoms with Crippen molar-refractivity contribution in [1.82, 2.24) is 9.80 Å². The molecule has 10 heteroatoms. The Hall–Kier alpha value is -3.50. The van der Waals surface area contributed by atoms with Gasteiger partial charge in [0, 0.05) is 26.2 Å². The first-order valence-corrected chi connectivity index (χ1v) is 13.0. The molecule has 0 radical (unpaired) electrons. The minimum atomic E-state index is -0.220. The van der Waals surface area contributed by atoms with E-state index in [1.54, 1.807) is 14.2 Å². The van der Waals surface area contributed by atoms with Crippen molar-refractivity contribution in [3.05, 3.63) is 69.5 Å². The van der Waals surface area contributed by atoms with E-state index in [9.17, 15) is 9.59 Å². The molecule has 184 valence electrons. The molecule has 0 N–H and O–H groups in total. The summed E-state index contributed by atoms with van der Waals surface area (Å²) in [7, 11) is 3.25. The van der Waals surface area contributed by atoms with Crippen LogP contribution in [0.25, 0.3) is 12.2 Å². The molecule has 8 nitrogen and oxygen atoms in total. The molecular weight excluding hydrogens is 496 g/mol. The summed E-state index contributed by atoms with van der Waals surface area (Å²) in [5.74, 6) is 1.10. The van der Waals surface area contributed by atoms with E-state index >= 15 is 0 Å². The topological polar surface area (TPSA) is 83.8 Å². The van der Waals surface area contributed by atoms with Crippen LogP contribution in [-0.4, -0.2) is 72.3 Å². The molecule has 0 spiro atoms. The van der Waals surface area contributed by atoms with Crippen molar-refractivity contribution < 1.29 is 19.1 Å². The average Bonchev–Trinajstić information content (AvgIpc) is 3.47. The number of rotatable bonds is 4. The molecule has 0 aliphatic carbocycles. The molecule has 2 aromatic carbocycles. The van der Waals surface area contributed by atoms with Gasteiger partial charge in [0.15, 0.2) is 10.3 Å². The van der Waals surface area contributed by atoms with Crippen LogP contribution in [0.4, 0.5) is 0 Å². The summed E-state index contributed by atoms with van der Waals surface area (Å²) in [5.41, 5.74) is 1.85. The molecule has 1 saturated heterocycles. The van der Waals surface area contributed by atoms with Gasteiger partial charge in [-0.3, -0.25) is 9.59 Å². The van der Waals surface area contributed by atoms with Gasteiger partial charge in [-0.05, 0) is 71.1 Å². The number of carbonyl (C=O) groups is 2. The van der Waals surface area contributed by atoms with Gasteiger partial charge in [-0.25, -0.2) is 0 Å². The van der Waals surface area contributed by atoms with Crippen molar-refractivity contribution in [2.24, 2.45) is 9.98 Å². The molecule has 2 amide bonds. The van der Waals surface area contributed by atoms with Crippen LogP contribution in [0.2, 0.25) is 0 Å². The van der Waals surface area contributed by atoms with Gasteiger partial charge in [-0.2, -0.15) is 9.98 Å². The van der Waals surface area contributed by atoms with Gasteiger partial charge in [0.05, 0.1) is 24.0 Å². The Bertz CT molecular complexity index is 1190. The number of hydrogen-bond acceptors (Lipinski definition) is 8. The summed E-state index contributed by atoms with van der Waals surface area (Å²) in [5, 5.41) is 1.44. The van der Waals surface area contributed by atoms with Gasteiger partial charge in [-0.15, -0.1) is 0 Å². The number of thioether (sulfide) groups is 2. The summed E-state index contributed by atoms with van der Waals surface area (Å²) in [6.45, 7) is 2.78. The number of ether oxygens (including phenoxy) is 2. The van der Waals surface area contributed by atoms with Crippen LogP contribution < -0.4 is 9.47 Å². The molecule has 36 heavy (non-hydrogen) atoms. The number of methoxy groups -OCH3 is 2. The normalized spacial score (nSPS) is 20.3. The lowest BCUT2D eigenvalue weighted by Crippen LogP contribution is -2.49. The maximum atomic E-state index is 12.5. The first-order valence-electron chi connectivity index (χ1n) is 11.4. The highest BCUT2D eigenvalue weighted by molar-refractivity contribution is 8.18. The lowest BCUT2D eigenvalue weighted by Gasteiger charge is -2.35. The summed E-state index contributed by atoms with van der Waals surface area (Å²) < 4.78 is 10.4. The monoisotopic (exact) mass is 520 g/mol. The van der Waals surface area contributed by atoms with E-state index < -0.39 is 0 Å². The molecular formula is C26H24N4O4S2. The molecule has 1 fully saturated rings. The Labute approximate surface area is 217 Å². The van der Waals surface area contributed by atoms with Crippen LogP contribution in [0.15, 0.2) is 68.3 Å². The van der Waals surface area contributed by atoms with E-state index in [1.165, 1.54) is 23.5 Å². The highest BCUT2D eigenvalue weighted by atomic mass is 32.2. The molecule has 0 unspecified atom stereocenters. The zero-order valence-corrected chi connectivity index (χ0v) is 21.5. The summed E-state index contributed by atoms with van der Waals surface area (Å²) >= 11 is 2.80. The van der Waals surface area contributed by atoms with Crippen LogP contribution in [0.5, 0.6) is 11.5 Å². The molecule has 2 aromatic rings. The smallest absolute Gasteiger partial charge is 0.286 e. The summed E-state index contributed by atoms with van der Waals surface area (Å²) in [6, 6.07) is 15.1. The molecule has 0 atom stereocenters. The third-order valence-electron chi connectivity index (χ3n) is 5.87. The number of hydrogen-bond donors (Lipinski definition) is 0. The van der Waals surface area contributed by atoms with Crippen molar-refractivity contribution >= 4 is 57.8 Å². The van der Waals surface area contributed by atoms with Gasteiger partial charge in [0.1, 0.15) is 11.5 Å².